The van der Waals surface area contributed by atoms with Gasteiger partial charge in [0.05, 0.1) is 11.7 Å². The summed E-state index contributed by atoms with van der Waals surface area (Å²) in [6.45, 7) is 13.3. The van der Waals surface area contributed by atoms with E-state index < -0.39 is 5.54 Å². The summed E-state index contributed by atoms with van der Waals surface area (Å²) in [4.78, 5) is 0. The summed E-state index contributed by atoms with van der Waals surface area (Å²) in [6.07, 6.45) is 3.93. The number of nitrogens with zero attached hydrogens (tertiary/aromatic N) is 1. The summed E-state index contributed by atoms with van der Waals surface area (Å²) in [5.74, 6) is 0. The average molecular weight is 254 g/mol. The van der Waals surface area contributed by atoms with Crippen LogP contribution in [0, 0.1) is 11.3 Å². The second-order valence-corrected chi connectivity index (χ2v) is 6.16. The minimum Gasteiger partial charge on any atom is -0.376 e. The van der Waals surface area contributed by atoms with E-state index in [9.17, 15) is 5.26 Å². The van der Waals surface area contributed by atoms with E-state index in [2.05, 4.69) is 46.0 Å². The van der Waals surface area contributed by atoms with Gasteiger partial charge in [0.1, 0.15) is 5.54 Å². The summed E-state index contributed by atoms with van der Waals surface area (Å²) < 4.78 is 5.80. The topological polar surface area (TPSA) is 45.0 Å². The van der Waals surface area contributed by atoms with E-state index in [0.29, 0.717) is 6.04 Å². The van der Waals surface area contributed by atoms with Crippen LogP contribution in [-0.4, -0.2) is 23.8 Å². The highest BCUT2D eigenvalue weighted by Gasteiger charge is 2.23. The van der Waals surface area contributed by atoms with E-state index in [-0.39, 0.29) is 5.60 Å². The van der Waals surface area contributed by atoms with Gasteiger partial charge in [0.15, 0.2) is 0 Å². The molecule has 3 nitrogen and oxygen atoms in total. The molecule has 0 fully saturated rings. The summed E-state index contributed by atoms with van der Waals surface area (Å²) in [7, 11) is 0. The third-order valence-electron chi connectivity index (χ3n) is 3.27. The summed E-state index contributed by atoms with van der Waals surface area (Å²) in [5.41, 5.74) is -0.427. The van der Waals surface area contributed by atoms with Crippen LogP contribution in [0.1, 0.15) is 67.2 Å². The smallest absolute Gasteiger partial charge is 0.104 e. The van der Waals surface area contributed by atoms with Crippen molar-refractivity contribution >= 4 is 0 Å². The first-order chi connectivity index (χ1) is 8.24. The Morgan fingerprint density at radius 1 is 1.22 bits per heavy atom. The molecule has 0 rings (SSSR count). The average Bonchev–Trinajstić information content (AvgIpc) is 2.27. The fourth-order valence-corrected chi connectivity index (χ4v) is 1.83. The van der Waals surface area contributed by atoms with Crippen molar-refractivity contribution in [3.63, 3.8) is 0 Å². The van der Waals surface area contributed by atoms with Gasteiger partial charge < -0.3 is 4.74 Å². The van der Waals surface area contributed by atoms with Gasteiger partial charge in [-0.05, 0) is 60.3 Å². The third kappa shape index (κ3) is 7.68. The standard InChI is InChI=1S/C15H30N2O/c1-7-14(4,5)18-11-9-8-10-15(6,12-16)17-13(2)3/h13,17H,7-11H2,1-6H3. The SMILES string of the molecule is CCC(C)(C)OCCCCC(C)(C#N)NC(C)C. The molecule has 0 saturated heterocycles. The van der Waals surface area contributed by atoms with Crippen molar-refractivity contribution in [2.45, 2.75) is 84.4 Å². The fraction of sp³-hybridized carbons (Fsp3) is 0.933. The molecule has 0 amide bonds. The first-order valence-corrected chi connectivity index (χ1v) is 7.07. The second kappa shape index (κ2) is 7.76. The molecule has 0 aliphatic rings. The molecule has 1 N–H and O–H groups in total. The van der Waals surface area contributed by atoms with Crippen LogP contribution in [0.5, 0.6) is 0 Å². The Morgan fingerprint density at radius 3 is 2.28 bits per heavy atom. The third-order valence-corrected chi connectivity index (χ3v) is 3.27. The Balaban J connectivity index is 3.86. The molecule has 0 aliphatic carbocycles. The maximum atomic E-state index is 9.21. The van der Waals surface area contributed by atoms with Crippen LogP contribution in [0.3, 0.4) is 0 Å². The van der Waals surface area contributed by atoms with Crippen molar-refractivity contribution in [1.82, 2.24) is 5.32 Å². The lowest BCUT2D eigenvalue weighted by atomic mass is 9.95. The summed E-state index contributed by atoms with van der Waals surface area (Å²) in [6, 6.07) is 2.71. The van der Waals surface area contributed by atoms with E-state index in [4.69, 9.17) is 4.74 Å². The van der Waals surface area contributed by atoms with Crippen molar-refractivity contribution in [3.8, 4) is 6.07 Å². The highest BCUT2D eigenvalue weighted by molar-refractivity contribution is 5.04. The van der Waals surface area contributed by atoms with Gasteiger partial charge in [-0.3, -0.25) is 5.32 Å². The number of nitrogens with one attached hydrogen (secondary N) is 1. The van der Waals surface area contributed by atoms with Gasteiger partial charge in [-0.15, -0.1) is 0 Å². The first-order valence-electron chi connectivity index (χ1n) is 7.07. The molecule has 0 aromatic rings. The van der Waals surface area contributed by atoms with Gasteiger partial charge in [-0.2, -0.15) is 5.26 Å². The van der Waals surface area contributed by atoms with Crippen molar-refractivity contribution in [2.75, 3.05) is 6.61 Å². The molecule has 0 aliphatic heterocycles. The van der Waals surface area contributed by atoms with E-state index in [1.54, 1.807) is 0 Å². The molecule has 3 heteroatoms. The Kier molecular flexibility index (Phi) is 7.51. The van der Waals surface area contributed by atoms with Crippen LogP contribution in [0.15, 0.2) is 0 Å². The lowest BCUT2D eigenvalue weighted by Crippen LogP contribution is -2.44. The zero-order valence-corrected chi connectivity index (χ0v) is 13.0. The molecule has 0 heterocycles. The number of nitriles is 1. The number of unbranched alkanes of at least 4 members (excludes halogenated alkanes) is 1. The number of hydrogen-bond acceptors (Lipinski definition) is 3. The molecule has 1 unspecified atom stereocenters. The Labute approximate surface area is 113 Å². The fourth-order valence-electron chi connectivity index (χ4n) is 1.83. The summed E-state index contributed by atoms with van der Waals surface area (Å²) >= 11 is 0. The number of rotatable bonds is 9. The monoisotopic (exact) mass is 254 g/mol. The minimum atomic E-state index is -0.408. The van der Waals surface area contributed by atoms with Gasteiger partial charge in [0, 0.05) is 12.6 Å². The van der Waals surface area contributed by atoms with E-state index in [1.165, 1.54) is 0 Å². The van der Waals surface area contributed by atoms with Crippen LogP contribution < -0.4 is 5.32 Å². The molecule has 106 valence electrons. The zero-order chi connectivity index (χ0) is 14.2. The quantitative estimate of drug-likeness (QED) is 0.639. The largest absolute Gasteiger partial charge is 0.376 e. The first kappa shape index (κ1) is 17.4. The van der Waals surface area contributed by atoms with Crippen LogP contribution in [0.4, 0.5) is 0 Å². The van der Waals surface area contributed by atoms with E-state index in [1.807, 2.05) is 6.92 Å². The lowest BCUT2D eigenvalue weighted by molar-refractivity contribution is -0.0219. The Bertz CT molecular complexity index is 268. The lowest BCUT2D eigenvalue weighted by Gasteiger charge is -2.26. The van der Waals surface area contributed by atoms with Gasteiger partial charge in [0.25, 0.3) is 0 Å². The van der Waals surface area contributed by atoms with E-state index >= 15 is 0 Å². The molecular formula is C15H30N2O. The minimum absolute atomic E-state index is 0.0191. The second-order valence-electron chi connectivity index (χ2n) is 6.16. The van der Waals surface area contributed by atoms with Crippen molar-refractivity contribution in [2.24, 2.45) is 0 Å². The van der Waals surface area contributed by atoms with Crippen molar-refractivity contribution < 1.29 is 4.74 Å². The van der Waals surface area contributed by atoms with Crippen LogP contribution in [0.25, 0.3) is 0 Å². The molecule has 1 atom stereocenters. The van der Waals surface area contributed by atoms with Crippen LogP contribution >= 0.6 is 0 Å². The molecule has 0 saturated carbocycles. The summed E-state index contributed by atoms with van der Waals surface area (Å²) in [5, 5.41) is 12.5. The molecule has 0 bridgehead atoms. The predicted octanol–water partition coefficient (Wildman–Crippen LogP) is 3.64. The van der Waals surface area contributed by atoms with Crippen molar-refractivity contribution in [1.29, 1.82) is 5.26 Å². The van der Waals surface area contributed by atoms with Crippen molar-refractivity contribution in [3.05, 3.63) is 0 Å². The normalized spacial score (nSPS) is 15.4. The van der Waals surface area contributed by atoms with Gasteiger partial charge >= 0.3 is 0 Å². The Morgan fingerprint density at radius 2 is 1.83 bits per heavy atom. The number of ether oxygens (including phenoxy) is 1. The van der Waals surface area contributed by atoms with Gasteiger partial charge in [0.2, 0.25) is 0 Å². The molecule has 0 aromatic carbocycles. The molecular weight excluding hydrogens is 224 g/mol. The van der Waals surface area contributed by atoms with Gasteiger partial charge in [-0.1, -0.05) is 6.92 Å². The molecule has 0 spiro atoms. The maximum Gasteiger partial charge on any atom is 0.104 e. The molecule has 18 heavy (non-hydrogen) atoms. The number of hydrogen-bond donors (Lipinski definition) is 1. The molecule has 0 radical (unpaired) electrons. The maximum absolute atomic E-state index is 9.21. The zero-order valence-electron chi connectivity index (χ0n) is 13.0. The van der Waals surface area contributed by atoms with E-state index in [0.717, 1.165) is 32.3 Å². The highest BCUT2D eigenvalue weighted by Crippen LogP contribution is 2.17. The highest BCUT2D eigenvalue weighted by atomic mass is 16.5. The predicted molar refractivity (Wildman–Crippen MR) is 76.5 cm³/mol. The van der Waals surface area contributed by atoms with Gasteiger partial charge in [-0.25, -0.2) is 0 Å². The van der Waals surface area contributed by atoms with Crippen LogP contribution in [0.2, 0.25) is 0 Å². The molecule has 0 aromatic heterocycles. The van der Waals surface area contributed by atoms with Crippen LogP contribution in [-0.2, 0) is 4.74 Å². The Hall–Kier alpha value is -0.590.